The van der Waals surface area contributed by atoms with E-state index in [1.807, 2.05) is 6.92 Å². The molecule has 0 radical (unpaired) electrons. The second-order valence-corrected chi connectivity index (χ2v) is 4.79. The van der Waals surface area contributed by atoms with Crippen LogP contribution < -0.4 is 0 Å². The molecule has 2 N–H and O–H groups in total. The smallest absolute Gasteiger partial charge is 0.228 e. The van der Waals surface area contributed by atoms with Crippen LogP contribution >= 0.6 is 0 Å². The number of aliphatic hydroxyl groups is 2. The van der Waals surface area contributed by atoms with Gasteiger partial charge in [0.25, 0.3) is 0 Å². The Morgan fingerprint density at radius 1 is 1.50 bits per heavy atom. The topological polar surface area (TPSA) is 70.0 Å². The van der Waals surface area contributed by atoms with Crippen LogP contribution in [0.15, 0.2) is 0 Å². The number of nitrogens with zero attached hydrogens (tertiary/aromatic N) is 1. The maximum atomic E-state index is 12.1. The van der Waals surface area contributed by atoms with Crippen LogP contribution in [-0.2, 0) is 9.53 Å². The molecule has 16 heavy (non-hydrogen) atoms. The molecule has 2 aliphatic heterocycles. The van der Waals surface area contributed by atoms with E-state index in [2.05, 4.69) is 0 Å². The average Bonchev–Trinajstić information content (AvgIpc) is 2.83. The number of β-amino-alcohol motifs (C(OH)–C–C–N with tert-alkyl or cyclic N) is 1. The molecular weight excluding hydrogens is 210 g/mol. The predicted octanol–water partition coefficient (Wildman–Crippen LogP) is -0.635. The Morgan fingerprint density at radius 2 is 2.25 bits per heavy atom. The summed E-state index contributed by atoms with van der Waals surface area (Å²) in [6.07, 6.45) is 0.851. The minimum atomic E-state index is -0.499. The van der Waals surface area contributed by atoms with Crippen molar-refractivity contribution in [2.45, 2.75) is 38.0 Å². The Morgan fingerprint density at radius 3 is 2.81 bits per heavy atom. The summed E-state index contributed by atoms with van der Waals surface area (Å²) in [4.78, 5) is 13.7. The molecule has 2 aliphatic rings. The van der Waals surface area contributed by atoms with Gasteiger partial charge in [0.15, 0.2) is 0 Å². The minimum Gasteiger partial charge on any atom is -0.394 e. The quantitative estimate of drug-likeness (QED) is 0.661. The monoisotopic (exact) mass is 229 g/mol. The number of carbonyl (C=O) groups is 1. The number of aliphatic hydroxyl groups excluding tert-OH is 2. The van der Waals surface area contributed by atoms with Crippen molar-refractivity contribution in [3.05, 3.63) is 0 Å². The van der Waals surface area contributed by atoms with Crippen LogP contribution in [0, 0.1) is 5.92 Å². The Hall–Kier alpha value is -0.650. The van der Waals surface area contributed by atoms with Gasteiger partial charge in [-0.25, -0.2) is 0 Å². The second-order valence-electron chi connectivity index (χ2n) is 4.79. The lowest BCUT2D eigenvalue weighted by Crippen LogP contribution is -2.41. The molecule has 2 saturated heterocycles. The number of ether oxygens (including phenoxy) is 1. The first-order valence-electron chi connectivity index (χ1n) is 5.82. The second kappa shape index (κ2) is 4.69. The molecule has 4 atom stereocenters. The first-order valence-corrected chi connectivity index (χ1v) is 5.82. The third kappa shape index (κ3) is 2.21. The first kappa shape index (κ1) is 11.8. The van der Waals surface area contributed by atoms with Crippen LogP contribution in [0.3, 0.4) is 0 Å². The highest BCUT2D eigenvalue weighted by Gasteiger charge is 2.39. The first-order chi connectivity index (χ1) is 7.61. The molecule has 2 unspecified atom stereocenters. The molecule has 0 saturated carbocycles. The summed E-state index contributed by atoms with van der Waals surface area (Å²) in [5, 5.41) is 18.7. The number of rotatable bonds is 2. The summed E-state index contributed by atoms with van der Waals surface area (Å²) in [7, 11) is 0. The van der Waals surface area contributed by atoms with Crippen molar-refractivity contribution in [2.75, 3.05) is 19.8 Å². The number of amides is 1. The maximum Gasteiger partial charge on any atom is 0.228 e. The summed E-state index contributed by atoms with van der Waals surface area (Å²) in [5.41, 5.74) is 0. The summed E-state index contributed by atoms with van der Waals surface area (Å²) >= 11 is 0. The van der Waals surface area contributed by atoms with Gasteiger partial charge in [0.1, 0.15) is 0 Å². The third-order valence-electron chi connectivity index (χ3n) is 3.43. The Balaban J connectivity index is 1.98. The highest BCUT2D eigenvalue weighted by molar-refractivity contribution is 5.80. The van der Waals surface area contributed by atoms with E-state index < -0.39 is 6.10 Å². The molecular formula is C11H19NO4. The highest BCUT2D eigenvalue weighted by atomic mass is 16.5. The third-order valence-corrected chi connectivity index (χ3v) is 3.43. The average molecular weight is 229 g/mol. The van der Waals surface area contributed by atoms with E-state index in [1.54, 1.807) is 4.90 Å². The van der Waals surface area contributed by atoms with Crippen LogP contribution in [-0.4, -0.2) is 59.0 Å². The van der Waals surface area contributed by atoms with Crippen molar-refractivity contribution >= 4 is 5.91 Å². The Kier molecular flexibility index (Phi) is 3.47. The van der Waals surface area contributed by atoms with Gasteiger partial charge >= 0.3 is 0 Å². The summed E-state index contributed by atoms with van der Waals surface area (Å²) in [5.74, 6) is -0.0886. The molecule has 92 valence electrons. The largest absolute Gasteiger partial charge is 0.394 e. The van der Waals surface area contributed by atoms with Crippen molar-refractivity contribution in [1.82, 2.24) is 4.90 Å². The summed E-state index contributed by atoms with van der Waals surface area (Å²) in [6, 6.07) is -0.224. The molecule has 0 spiro atoms. The molecule has 5 nitrogen and oxygen atoms in total. The molecule has 2 rings (SSSR count). The van der Waals surface area contributed by atoms with E-state index >= 15 is 0 Å². The van der Waals surface area contributed by atoms with Gasteiger partial charge < -0.3 is 19.8 Å². The highest BCUT2D eigenvalue weighted by Crippen LogP contribution is 2.26. The fourth-order valence-corrected chi connectivity index (χ4v) is 2.56. The van der Waals surface area contributed by atoms with Crippen molar-refractivity contribution in [1.29, 1.82) is 0 Å². The van der Waals surface area contributed by atoms with Gasteiger partial charge in [-0.1, -0.05) is 0 Å². The molecule has 2 heterocycles. The molecule has 1 amide bonds. The van der Waals surface area contributed by atoms with E-state index in [0.717, 1.165) is 6.42 Å². The van der Waals surface area contributed by atoms with Gasteiger partial charge in [0.05, 0.1) is 37.4 Å². The number of carbonyl (C=O) groups excluding carboxylic acids is 1. The molecule has 2 fully saturated rings. The zero-order chi connectivity index (χ0) is 11.7. The van der Waals surface area contributed by atoms with Gasteiger partial charge in [-0.15, -0.1) is 0 Å². The van der Waals surface area contributed by atoms with Crippen LogP contribution in [0.1, 0.15) is 19.8 Å². The van der Waals surface area contributed by atoms with E-state index in [4.69, 9.17) is 9.84 Å². The van der Waals surface area contributed by atoms with Crippen molar-refractivity contribution < 1.29 is 19.7 Å². The van der Waals surface area contributed by atoms with Gasteiger partial charge in [0, 0.05) is 6.54 Å². The van der Waals surface area contributed by atoms with Crippen molar-refractivity contribution in [3.8, 4) is 0 Å². The minimum absolute atomic E-state index is 0.0138. The normalized spacial score (nSPS) is 39.3. The molecule has 0 aromatic heterocycles. The van der Waals surface area contributed by atoms with Gasteiger partial charge in [0.2, 0.25) is 5.91 Å². The number of likely N-dealkylation sites (tertiary alicyclic amines) is 1. The number of hydrogen-bond acceptors (Lipinski definition) is 4. The van der Waals surface area contributed by atoms with Crippen LogP contribution in [0.2, 0.25) is 0 Å². The van der Waals surface area contributed by atoms with Gasteiger partial charge in [-0.05, 0) is 19.8 Å². The van der Waals surface area contributed by atoms with Gasteiger partial charge in [-0.3, -0.25) is 4.79 Å². The molecule has 0 bridgehead atoms. The van der Waals surface area contributed by atoms with Crippen LogP contribution in [0.25, 0.3) is 0 Å². The maximum absolute atomic E-state index is 12.1. The molecule has 0 aliphatic carbocycles. The molecule has 0 aromatic rings. The molecule has 0 aromatic carbocycles. The van der Waals surface area contributed by atoms with E-state index in [0.29, 0.717) is 19.6 Å². The van der Waals surface area contributed by atoms with E-state index in [-0.39, 0.29) is 30.6 Å². The predicted molar refractivity (Wildman–Crippen MR) is 56.7 cm³/mol. The lowest BCUT2D eigenvalue weighted by atomic mass is 10.0. The summed E-state index contributed by atoms with van der Waals surface area (Å²) < 4.78 is 5.37. The zero-order valence-corrected chi connectivity index (χ0v) is 9.50. The standard InChI is InChI=1S/C11H19NO4/c1-7-2-8(6-16-7)11(15)12-4-10(14)3-9(12)5-13/h7-10,13-14H,2-6H2,1H3/t7?,8?,9-,10-/m0/s1. The lowest BCUT2D eigenvalue weighted by molar-refractivity contribution is -0.137. The van der Waals surface area contributed by atoms with E-state index in [9.17, 15) is 9.90 Å². The Bertz CT molecular complexity index is 271. The SMILES string of the molecule is CC1CC(C(=O)N2C[C@@H](O)C[C@H]2CO)CO1. The van der Waals surface area contributed by atoms with E-state index in [1.165, 1.54) is 0 Å². The molecule has 5 heteroatoms. The van der Waals surface area contributed by atoms with Crippen molar-refractivity contribution in [2.24, 2.45) is 5.92 Å². The van der Waals surface area contributed by atoms with Crippen LogP contribution in [0.5, 0.6) is 0 Å². The Labute approximate surface area is 95.0 Å². The van der Waals surface area contributed by atoms with Gasteiger partial charge in [-0.2, -0.15) is 0 Å². The fraction of sp³-hybridized carbons (Fsp3) is 0.909. The summed E-state index contributed by atoms with van der Waals surface area (Å²) in [6.45, 7) is 2.68. The lowest BCUT2D eigenvalue weighted by Gasteiger charge is -2.25. The van der Waals surface area contributed by atoms with Crippen LogP contribution in [0.4, 0.5) is 0 Å². The van der Waals surface area contributed by atoms with Crippen molar-refractivity contribution in [3.63, 3.8) is 0 Å². The fourth-order valence-electron chi connectivity index (χ4n) is 2.56. The number of hydrogen-bond donors (Lipinski definition) is 2. The zero-order valence-electron chi connectivity index (χ0n) is 9.50.